The van der Waals surface area contributed by atoms with Crippen molar-refractivity contribution in [1.82, 2.24) is 0 Å². The summed E-state index contributed by atoms with van der Waals surface area (Å²) < 4.78 is 8.38. The molecule has 0 aromatic rings. The van der Waals surface area contributed by atoms with Gasteiger partial charge in [-0.1, -0.05) is 0 Å². The van der Waals surface area contributed by atoms with Crippen molar-refractivity contribution in [3.8, 4) is 0 Å². The zero-order valence-corrected chi connectivity index (χ0v) is 7.95. The third-order valence-electron chi connectivity index (χ3n) is 2.05. The molecule has 0 aromatic carbocycles. The molecular weight excluding hydrogens is 244 g/mol. The minimum absolute atomic E-state index is 1.24. The van der Waals surface area contributed by atoms with Crippen molar-refractivity contribution in [3.63, 3.8) is 0 Å². The van der Waals surface area contributed by atoms with Gasteiger partial charge in [0.25, 0.3) is 5.60 Å². The molecule has 1 aliphatic rings. The molecule has 10 heteroatoms. The lowest BCUT2D eigenvalue weighted by Crippen LogP contribution is -2.54. The monoisotopic (exact) mass is 250 g/mol. The van der Waals surface area contributed by atoms with Crippen LogP contribution in [-0.4, -0.2) is 62.3 Å². The van der Waals surface area contributed by atoms with Gasteiger partial charge in [-0.15, -0.1) is 0 Å². The van der Waals surface area contributed by atoms with E-state index < -0.39 is 41.9 Å². The summed E-state index contributed by atoms with van der Waals surface area (Å²) >= 11 is 0. The Bertz CT molecular complexity index is 343. The summed E-state index contributed by atoms with van der Waals surface area (Å²) in [5, 5.41) is 34.5. The number of carboxylic acid groups (broad SMARTS) is 4. The molecule has 1 fully saturated rings. The van der Waals surface area contributed by atoms with Crippen LogP contribution in [0.5, 0.6) is 0 Å². The Hall–Kier alpha value is -2.20. The second kappa shape index (κ2) is 3.68. The molecule has 1 saturated heterocycles. The van der Waals surface area contributed by atoms with Crippen LogP contribution in [0.3, 0.4) is 0 Å². The van der Waals surface area contributed by atoms with E-state index >= 15 is 0 Å². The van der Waals surface area contributed by atoms with Gasteiger partial charge in [-0.2, -0.15) is 0 Å². The van der Waals surface area contributed by atoms with Gasteiger partial charge in [0.05, 0.1) is 0 Å². The number of hydrogen-bond donors (Lipinski definition) is 4. The second-order valence-electron chi connectivity index (χ2n) is 3.05. The fraction of sp³-hybridized carbons (Fsp3) is 0.429. The van der Waals surface area contributed by atoms with Crippen molar-refractivity contribution in [1.29, 1.82) is 0 Å². The maximum Gasteiger partial charge on any atom is 0.377 e. The molecule has 1 rings (SSSR count). The lowest BCUT2D eigenvalue weighted by atomic mass is 10.1. The van der Waals surface area contributed by atoms with E-state index in [0.717, 1.165) is 0 Å². The Balaban J connectivity index is 3.24. The first-order chi connectivity index (χ1) is 7.69. The number of carbonyl (C=O) groups is 4. The summed E-state index contributed by atoms with van der Waals surface area (Å²) in [4.78, 5) is 42.8. The molecule has 1 aliphatic heterocycles. The number of hydrogen-bond acceptors (Lipinski definition) is 6. The van der Waals surface area contributed by atoms with E-state index in [1.165, 1.54) is 0 Å². The fourth-order valence-corrected chi connectivity index (χ4v) is 1.11. The highest BCUT2D eigenvalue weighted by molar-refractivity contribution is 6.06. The average molecular weight is 250 g/mol. The first-order valence-corrected chi connectivity index (χ1v) is 3.97. The van der Waals surface area contributed by atoms with E-state index in [4.69, 9.17) is 20.4 Å². The number of rotatable bonds is 4. The van der Waals surface area contributed by atoms with E-state index in [2.05, 4.69) is 9.47 Å². The summed E-state index contributed by atoms with van der Waals surface area (Å²) in [6, 6.07) is 0. The summed E-state index contributed by atoms with van der Waals surface area (Å²) in [5.41, 5.74) is -3.06. The van der Waals surface area contributed by atoms with Crippen LogP contribution in [0.25, 0.3) is 0 Å². The lowest BCUT2D eigenvalue weighted by Gasteiger charge is -2.20. The van der Waals surface area contributed by atoms with Crippen LogP contribution in [0.15, 0.2) is 0 Å². The van der Waals surface area contributed by atoms with Crippen LogP contribution < -0.4 is 0 Å². The maximum absolute atomic E-state index is 10.7. The van der Waals surface area contributed by atoms with Crippen molar-refractivity contribution < 1.29 is 49.1 Å². The second-order valence-corrected chi connectivity index (χ2v) is 3.05. The van der Waals surface area contributed by atoms with Crippen LogP contribution in [0.2, 0.25) is 0 Å². The molecular formula is C7H6O10. The van der Waals surface area contributed by atoms with Gasteiger partial charge < -0.3 is 25.2 Å². The first-order valence-electron chi connectivity index (χ1n) is 3.97. The van der Waals surface area contributed by atoms with E-state index in [1.54, 1.807) is 0 Å². The van der Waals surface area contributed by atoms with Gasteiger partial charge in [-0.3, -0.25) is 4.74 Å². The number of ether oxygens (including phenoxy) is 2. The first kappa shape index (κ1) is 12.9. The quantitative estimate of drug-likeness (QED) is 0.402. The molecule has 0 saturated carbocycles. The van der Waals surface area contributed by atoms with E-state index in [-0.39, 0.29) is 0 Å². The Morgan fingerprint density at radius 1 is 0.824 bits per heavy atom. The van der Waals surface area contributed by atoms with Gasteiger partial charge in [-0.25, -0.2) is 19.2 Å². The van der Waals surface area contributed by atoms with Crippen LogP contribution in [0.1, 0.15) is 0 Å². The average Bonchev–Trinajstić information content (AvgIpc) is 2.59. The number of carboxylic acids is 4. The van der Waals surface area contributed by atoms with Crippen LogP contribution >= 0.6 is 0 Å². The highest BCUT2D eigenvalue weighted by atomic mass is 16.8. The molecule has 0 aliphatic carbocycles. The van der Waals surface area contributed by atoms with Gasteiger partial charge in [0.2, 0.25) is 0 Å². The Morgan fingerprint density at radius 2 is 1.24 bits per heavy atom. The van der Waals surface area contributed by atoms with Crippen molar-refractivity contribution >= 4 is 23.9 Å². The fourth-order valence-electron chi connectivity index (χ4n) is 1.11. The van der Waals surface area contributed by atoms with Gasteiger partial charge in [-0.05, 0) is 0 Å². The number of aliphatic carboxylic acids is 4. The molecule has 0 unspecified atom stereocenters. The highest BCUT2D eigenvalue weighted by Crippen LogP contribution is 2.33. The van der Waals surface area contributed by atoms with Crippen LogP contribution in [-0.2, 0) is 28.7 Å². The zero-order chi connectivity index (χ0) is 13.4. The van der Waals surface area contributed by atoms with Gasteiger partial charge in [0.1, 0.15) is 6.61 Å². The highest BCUT2D eigenvalue weighted by Gasteiger charge is 2.68. The Morgan fingerprint density at radius 3 is 1.41 bits per heavy atom. The molecule has 0 aromatic heterocycles. The lowest BCUT2D eigenvalue weighted by molar-refractivity contribution is -0.226. The predicted octanol–water partition coefficient (Wildman–Crippen LogP) is -2.19. The third kappa shape index (κ3) is 1.59. The molecule has 17 heavy (non-hydrogen) atoms. The molecule has 0 radical (unpaired) electrons. The van der Waals surface area contributed by atoms with Crippen LogP contribution in [0, 0.1) is 0 Å². The normalized spacial score (nSPS) is 20.7. The Labute approximate surface area is 92.0 Å². The standard InChI is InChI=1S/C7H6O10/c8-2(9)6(3(10)11)1-16-7(17-6,4(12)13)5(14)15/h1H2,(H,8,9)(H,10,11)(H,12,13)(H,14,15). The minimum Gasteiger partial charge on any atom is -0.479 e. The third-order valence-corrected chi connectivity index (χ3v) is 2.05. The van der Waals surface area contributed by atoms with Crippen LogP contribution in [0.4, 0.5) is 0 Å². The zero-order valence-electron chi connectivity index (χ0n) is 7.95. The van der Waals surface area contributed by atoms with Crippen molar-refractivity contribution in [2.24, 2.45) is 0 Å². The van der Waals surface area contributed by atoms with Gasteiger partial charge in [0, 0.05) is 0 Å². The van der Waals surface area contributed by atoms with Crippen molar-refractivity contribution in [2.45, 2.75) is 11.4 Å². The van der Waals surface area contributed by atoms with E-state index in [9.17, 15) is 19.2 Å². The van der Waals surface area contributed by atoms with Gasteiger partial charge in [0.15, 0.2) is 0 Å². The Kier molecular flexibility index (Phi) is 2.78. The molecule has 4 N–H and O–H groups in total. The largest absolute Gasteiger partial charge is 0.479 e. The van der Waals surface area contributed by atoms with E-state index in [0.29, 0.717) is 0 Å². The van der Waals surface area contributed by atoms with Gasteiger partial charge >= 0.3 is 29.7 Å². The summed E-state index contributed by atoms with van der Waals surface area (Å²) in [5.74, 6) is -11.8. The molecule has 1 heterocycles. The van der Waals surface area contributed by atoms with E-state index in [1.807, 2.05) is 0 Å². The molecule has 10 nitrogen and oxygen atoms in total. The molecule has 0 spiro atoms. The van der Waals surface area contributed by atoms with Crippen molar-refractivity contribution in [2.75, 3.05) is 6.61 Å². The maximum atomic E-state index is 10.7. The van der Waals surface area contributed by atoms with Crippen molar-refractivity contribution in [3.05, 3.63) is 0 Å². The smallest absolute Gasteiger partial charge is 0.377 e. The SMILES string of the molecule is O=C(O)C1(C(=O)O)COC(C(=O)O)(C(=O)O)O1. The molecule has 0 amide bonds. The molecule has 0 bridgehead atoms. The predicted molar refractivity (Wildman–Crippen MR) is 43.0 cm³/mol. The summed E-state index contributed by atoms with van der Waals surface area (Å²) in [6.45, 7) is -1.24. The summed E-state index contributed by atoms with van der Waals surface area (Å²) in [6.07, 6.45) is 0. The minimum atomic E-state index is -3.34. The molecule has 94 valence electrons. The molecule has 0 atom stereocenters. The topological polar surface area (TPSA) is 168 Å². The summed E-state index contributed by atoms with van der Waals surface area (Å²) in [7, 11) is 0.